The third-order valence-electron chi connectivity index (χ3n) is 5.37. The summed E-state index contributed by atoms with van der Waals surface area (Å²) in [4.78, 5) is 2.40. The van der Waals surface area contributed by atoms with E-state index in [0.29, 0.717) is 6.61 Å². The lowest BCUT2D eigenvalue weighted by molar-refractivity contribution is -0.144. The third kappa shape index (κ3) is 6.06. The minimum absolute atomic E-state index is 0.109. The Morgan fingerprint density at radius 1 is 0.839 bits per heavy atom. The molecule has 158 valence electrons. The van der Waals surface area contributed by atoms with Crippen LogP contribution in [-0.2, 0) is 22.6 Å². The van der Waals surface area contributed by atoms with Gasteiger partial charge in [-0.1, -0.05) is 90.7 Å². The summed E-state index contributed by atoms with van der Waals surface area (Å²) in [5.41, 5.74) is 3.51. The van der Waals surface area contributed by atoms with Crippen molar-refractivity contribution in [3.05, 3.63) is 108 Å². The second-order valence-electron chi connectivity index (χ2n) is 8.32. The van der Waals surface area contributed by atoms with E-state index in [9.17, 15) is 0 Å². The summed E-state index contributed by atoms with van der Waals surface area (Å²) >= 11 is 0. The fourth-order valence-corrected chi connectivity index (χ4v) is 3.86. The van der Waals surface area contributed by atoms with E-state index in [1.54, 1.807) is 0 Å². The predicted molar refractivity (Wildman–Crippen MR) is 124 cm³/mol. The molecule has 0 spiro atoms. The molecular formula is C28H29NO2. The molecule has 1 heterocycles. The maximum atomic E-state index is 6.29. The van der Waals surface area contributed by atoms with E-state index in [1.807, 2.05) is 56.3 Å². The van der Waals surface area contributed by atoms with Crippen LogP contribution in [0, 0.1) is 11.8 Å². The largest absolute Gasteiger partial charge is 0.348 e. The van der Waals surface area contributed by atoms with Crippen LogP contribution in [0.1, 0.15) is 30.5 Å². The Kier molecular flexibility index (Phi) is 6.84. The van der Waals surface area contributed by atoms with Crippen LogP contribution in [0.25, 0.3) is 0 Å². The molecule has 3 aromatic carbocycles. The van der Waals surface area contributed by atoms with E-state index in [2.05, 4.69) is 65.3 Å². The minimum Gasteiger partial charge on any atom is -0.348 e. The molecule has 0 bridgehead atoms. The zero-order chi connectivity index (χ0) is 21.5. The molecule has 1 aliphatic heterocycles. The van der Waals surface area contributed by atoms with E-state index in [-0.39, 0.29) is 12.1 Å². The number of rotatable bonds is 6. The summed E-state index contributed by atoms with van der Waals surface area (Å²) in [6.45, 7) is 6.02. The van der Waals surface area contributed by atoms with Crippen LogP contribution >= 0.6 is 0 Å². The van der Waals surface area contributed by atoms with Crippen molar-refractivity contribution in [1.29, 1.82) is 0 Å². The van der Waals surface area contributed by atoms with Gasteiger partial charge in [0.1, 0.15) is 12.1 Å². The first-order chi connectivity index (χ1) is 15.1. The van der Waals surface area contributed by atoms with Crippen LogP contribution in [0.3, 0.4) is 0 Å². The van der Waals surface area contributed by atoms with E-state index >= 15 is 0 Å². The molecule has 0 amide bonds. The molecule has 0 saturated carbocycles. The minimum atomic E-state index is -0.595. The zero-order valence-corrected chi connectivity index (χ0v) is 18.2. The van der Waals surface area contributed by atoms with Crippen LogP contribution in [-0.4, -0.2) is 29.4 Å². The summed E-state index contributed by atoms with van der Waals surface area (Å²) in [5, 5.41) is 0. The van der Waals surface area contributed by atoms with Crippen LogP contribution in [0.4, 0.5) is 0 Å². The molecule has 0 unspecified atom stereocenters. The number of hydrogen-bond donors (Lipinski definition) is 0. The van der Waals surface area contributed by atoms with Crippen LogP contribution in [0.5, 0.6) is 0 Å². The molecule has 3 nitrogen and oxygen atoms in total. The van der Waals surface area contributed by atoms with E-state index < -0.39 is 5.79 Å². The smallest absolute Gasteiger partial charge is 0.163 e. The molecule has 0 N–H and O–H groups in total. The summed E-state index contributed by atoms with van der Waals surface area (Å²) in [6.07, 6.45) is -0.126. The molecule has 0 radical (unpaired) electrons. The summed E-state index contributed by atoms with van der Waals surface area (Å²) < 4.78 is 12.2. The normalized spacial score (nSPS) is 18.4. The van der Waals surface area contributed by atoms with Gasteiger partial charge in [0, 0.05) is 18.7 Å². The van der Waals surface area contributed by atoms with Crippen molar-refractivity contribution in [3.8, 4) is 11.8 Å². The summed E-state index contributed by atoms with van der Waals surface area (Å²) in [7, 11) is 0. The molecule has 3 heteroatoms. The lowest BCUT2D eigenvalue weighted by Crippen LogP contribution is -2.44. The molecule has 1 saturated heterocycles. The highest BCUT2D eigenvalue weighted by Crippen LogP contribution is 2.28. The fraction of sp³-hybridized carbons (Fsp3) is 0.286. The summed E-state index contributed by atoms with van der Waals surface area (Å²) in [6, 6.07) is 31.1. The Morgan fingerprint density at radius 3 is 1.84 bits per heavy atom. The summed E-state index contributed by atoms with van der Waals surface area (Å²) in [5.74, 6) is 6.31. The Bertz CT molecular complexity index is 965. The second kappa shape index (κ2) is 9.94. The number of benzene rings is 3. The maximum absolute atomic E-state index is 6.29. The molecule has 1 fully saturated rings. The van der Waals surface area contributed by atoms with Crippen LogP contribution in [0.2, 0.25) is 0 Å². The molecule has 31 heavy (non-hydrogen) atoms. The first-order valence-electron chi connectivity index (χ1n) is 10.8. The van der Waals surface area contributed by atoms with Crippen molar-refractivity contribution in [2.45, 2.75) is 44.9 Å². The molecule has 2 atom stereocenters. The van der Waals surface area contributed by atoms with Gasteiger partial charge in [0.2, 0.25) is 0 Å². The predicted octanol–water partition coefficient (Wildman–Crippen LogP) is 5.26. The average molecular weight is 412 g/mol. The lowest BCUT2D eigenvalue weighted by atomic mass is 10.1. The van der Waals surface area contributed by atoms with Gasteiger partial charge in [0.25, 0.3) is 0 Å². The van der Waals surface area contributed by atoms with Crippen molar-refractivity contribution in [1.82, 2.24) is 4.90 Å². The van der Waals surface area contributed by atoms with Crippen molar-refractivity contribution in [3.63, 3.8) is 0 Å². The van der Waals surface area contributed by atoms with Crippen LogP contribution in [0.15, 0.2) is 91.0 Å². The Hall–Kier alpha value is -2.90. The highest BCUT2D eigenvalue weighted by atomic mass is 16.7. The van der Waals surface area contributed by atoms with Gasteiger partial charge in [0.15, 0.2) is 5.79 Å². The molecule has 4 rings (SSSR count). The monoisotopic (exact) mass is 411 g/mol. The quantitative estimate of drug-likeness (QED) is 0.517. The standard InChI is InChI=1S/C28H29NO2/c1-28(2)30-22-27(31-28)26(19-18-23-12-6-3-7-13-23)29(20-24-14-8-4-9-15-24)21-25-16-10-5-11-17-25/h3-17,26-27H,20-22H2,1-2H3/t26-,27-/m1/s1. The zero-order valence-electron chi connectivity index (χ0n) is 18.2. The molecule has 0 aliphatic carbocycles. The van der Waals surface area contributed by atoms with Gasteiger partial charge in [-0.05, 0) is 37.1 Å². The van der Waals surface area contributed by atoms with Crippen molar-refractivity contribution in [2.24, 2.45) is 0 Å². The van der Waals surface area contributed by atoms with Gasteiger partial charge < -0.3 is 9.47 Å². The Balaban J connectivity index is 1.68. The van der Waals surface area contributed by atoms with Gasteiger partial charge in [-0.25, -0.2) is 0 Å². The molecule has 0 aromatic heterocycles. The first kappa shape index (κ1) is 21.3. The lowest BCUT2D eigenvalue weighted by Gasteiger charge is -2.32. The number of nitrogens with zero attached hydrogens (tertiary/aromatic N) is 1. The molecule has 3 aromatic rings. The van der Waals surface area contributed by atoms with Crippen molar-refractivity contribution < 1.29 is 9.47 Å². The SMILES string of the molecule is CC1(C)OC[C@H]([C@@H](C#Cc2ccccc2)N(Cc2ccccc2)Cc2ccccc2)O1. The topological polar surface area (TPSA) is 21.7 Å². The highest BCUT2D eigenvalue weighted by molar-refractivity contribution is 5.35. The number of ether oxygens (including phenoxy) is 2. The maximum Gasteiger partial charge on any atom is 0.163 e. The van der Waals surface area contributed by atoms with Crippen molar-refractivity contribution in [2.75, 3.05) is 6.61 Å². The van der Waals surface area contributed by atoms with E-state index in [1.165, 1.54) is 11.1 Å². The fourth-order valence-electron chi connectivity index (χ4n) is 3.86. The van der Waals surface area contributed by atoms with E-state index in [0.717, 1.165) is 18.7 Å². The second-order valence-corrected chi connectivity index (χ2v) is 8.32. The van der Waals surface area contributed by atoms with Gasteiger partial charge in [0.05, 0.1) is 6.61 Å². The third-order valence-corrected chi connectivity index (χ3v) is 5.37. The van der Waals surface area contributed by atoms with Crippen LogP contribution < -0.4 is 0 Å². The highest BCUT2D eigenvalue weighted by Gasteiger charge is 2.39. The Morgan fingerprint density at radius 2 is 1.35 bits per heavy atom. The molecule has 1 aliphatic rings. The van der Waals surface area contributed by atoms with Gasteiger partial charge in [-0.3, -0.25) is 4.90 Å². The van der Waals surface area contributed by atoms with Gasteiger partial charge in [-0.15, -0.1) is 0 Å². The number of hydrogen-bond acceptors (Lipinski definition) is 3. The van der Waals surface area contributed by atoms with Gasteiger partial charge in [-0.2, -0.15) is 0 Å². The Labute approximate surface area is 185 Å². The average Bonchev–Trinajstić information content (AvgIpc) is 3.15. The first-order valence-corrected chi connectivity index (χ1v) is 10.8. The van der Waals surface area contributed by atoms with E-state index in [4.69, 9.17) is 9.47 Å². The van der Waals surface area contributed by atoms with Gasteiger partial charge >= 0.3 is 0 Å². The molecular weight excluding hydrogens is 382 g/mol. The van der Waals surface area contributed by atoms with Crippen molar-refractivity contribution >= 4 is 0 Å².